The van der Waals surface area contributed by atoms with Crippen LogP contribution in [0.1, 0.15) is 12.5 Å². The lowest BCUT2D eigenvalue weighted by atomic mass is 10.0. The molecule has 5 atom stereocenters. The standard InChI is InChI=1S/C19H28N4O7S/c1-10(25)15(23-17(27)14(8-24)22-16(26)12(20)9-31)18(28)21-13(19(29)30)7-11-5-3-2-4-6-11/h2-6,10,12-15,24-25,31H,7-9,20H2,1H3,(H,21,28)(H,22,26)(H,23,27)(H,29,30). The molecule has 0 aliphatic heterocycles. The van der Waals surface area contributed by atoms with Crippen molar-refractivity contribution < 1.29 is 34.5 Å². The first kappa shape index (κ1) is 26.4. The molecule has 0 aliphatic rings. The van der Waals surface area contributed by atoms with Crippen LogP contribution in [0, 0.1) is 0 Å². The number of nitrogens with two attached hydrogens (primary N) is 1. The zero-order valence-corrected chi connectivity index (χ0v) is 17.8. The van der Waals surface area contributed by atoms with Crippen LogP contribution in [0.25, 0.3) is 0 Å². The fourth-order valence-electron chi connectivity index (χ4n) is 2.53. The Balaban J connectivity index is 2.86. The van der Waals surface area contributed by atoms with E-state index in [1.54, 1.807) is 30.3 Å². The first-order valence-electron chi connectivity index (χ1n) is 9.43. The van der Waals surface area contributed by atoms with Crippen molar-refractivity contribution in [1.29, 1.82) is 0 Å². The van der Waals surface area contributed by atoms with Gasteiger partial charge in [-0.05, 0) is 12.5 Å². The Labute approximate surface area is 184 Å². The van der Waals surface area contributed by atoms with Crippen LogP contribution >= 0.6 is 12.6 Å². The molecule has 0 aliphatic carbocycles. The van der Waals surface area contributed by atoms with Gasteiger partial charge in [-0.25, -0.2) is 4.79 Å². The molecule has 5 unspecified atom stereocenters. The summed E-state index contributed by atoms with van der Waals surface area (Å²) in [5, 5.41) is 35.5. The van der Waals surface area contributed by atoms with Crippen molar-refractivity contribution in [1.82, 2.24) is 16.0 Å². The summed E-state index contributed by atoms with van der Waals surface area (Å²) in [5.41, 5.74) is 6.17. The van der Waals surface area contributed by atoms with Gasteiger partial charge in [0.2, 0.25) is 17.7 Å². The lowest BCUT2D eigenvalue weighted by Gasteiger charge is -2.25. The normalized spacial score (nSPS) is 15.6. The molecule has 172 valence electrons. The van der Waals surface area contributed by atoms with E-state index >= 15 is 0 Å². The molecule has 0 fully saturated rings. The van der Waals surface area contributed by atoms with Crippen molar-refractivity contribution in [3.63, 3.8) is 0 Å². The van der Waals surface area contributed by atoms with Gasteiger partial charge < -0.3 is 37.0 Å². The van der Waals surface area contributed by atoms with Gasteiger partial charge in [-0.2, -0.15) is 12.6 Å². The second-order valence-electron chi connectivity index (χ2n) is 6.85. The number of aliphatic hydroxyl groups is 2. The first-order chi connectivity index (χ1) is 14.6. The van der Waals surface area contributed by atoms with Gasteiger partial charge in [-0.3, -0.25) is 14.4 Å². The Kier molecular flexibility index (Phi) is 11.0. The summed E-state index contributed by atoms with van der Waals surface area (Å²) in [6.07, 6.45) is -1.41. The maximum atomic E-state index is 12.6. The number of aliphatic carboxylic acids is 1. The van der Waals surface area contributed by atoms with Gasteiger partial charge in [0, 0.05) is 12.2 Å². The quantitative estimate of drug-likeness (QED) is 0.157. The van der Waals surface area contributed by atoms with Crippen LogP contribution in [0.15, 0.2) is 30.3 Å². The van der Waals surface area contributed by atoms with Crippen molar-refractivity contribution in [3.8, 4) is 0 Å². The predicted molar refractivity (Wildman–Crippen MR) is 114 cm³/mol. The molecule has 31 heavy (non-hydrogen) atoms. The number of hydrogen-bond acceptors (Lipinski definition) is 8. The third-order valence-corrected chi connectivity index (χ3v) is 4.70. The summed E-state index contributed by atoms with van der Waals surface area (Å²) < 4.78 is 0. The summed E-state index contributed by atoms with van der Waals surface area (Å²) in [7, 11) is 0. The molecule has 0 bridgehead atoms. The molecule has 0 saturated heterocycles. The van der Waals surface area contributed by atoms with E-state index in [1.165, 1.54) is 6.92 Å². The zero-order chi connectivity index (χ0) is 23.6. The molecule has 0 saturated carbocycles. The molecule has 1 rings (SSSR count). The molecule has 8 N–H and O–H groups in total. The van der Waals surface area contributed by atoms with Crippen LogP contribution in [-0.2, 0) is 25.6 Å². The molecule has 0 heterocycles. The number of amides is 3. The second-order valence-corrected chi connectivity index (χ2v) is 7.21. The fourth-order valence-corrected chi connectivity index (χ4v) is 2.69. The smallest absolute Gasteiger partial charge is 0.326 e. The Morgan fingerprint density at radius 2 is 1.58 bits per heavy atom. The Morgan fingerprint density at radius 1 is 1.00 bits per heavy atom. The first-order valence-corrected chi connectivity index (χ1v) is 10.1. The van der Waals surface area contributed by atoms with Crippen LogP contribution in [-0.4, -0.2) is 81.6 Å². The van der Waals surface area contributed by atoms with Crippen molar-refractivity contribution in [2.75, 3.05) is 12.4 Å². The zero-order valence-electron chi connectivity index (χ0n) is 16.9. The number of hydrogen-bond donors (Lipinski definition) is 8. The Morgan fingerprint density at radius 3 is 2.06 bits per heavy atom. The van der Waals surface area contributed by atoms with E-state index in [1.807, 2.05) is 0 Å². The highest BCUT2D eigenvalue weighted by Gasteiger charge is 2.32. The van der Waals surface area contributed by atoms with Gasteiger partial charge >= 0.3 is 5.97 Å². The van der Waals surface area contributed by atoms with Gasteiger partial charge in [-0.1, -0.05) is 30.3 Å². The minimum Gasteiger partial charge on any atom is -0.480 e. The molecule has 0 spiro atoms. The van der Waals surface area contributed by atoms with E-state index in [-0.39, 0.29) is 12.2 Å². The average molecular weight is 457 g/mol. The van der Waals surface area contributed by atoms with E-state index in [9.17, 15) is 34.5 Å². The predicted octanol–water partition coefficient (Wildman–Crippen LogP) is -2.60. The third kappa shape index (κ3) is 8.53. The molecule has 0 aromatic heterocycles. The van der Waals surface area contributed by atoms with Gasteiger partial charge in [0.1, 0.15) is 18.1 Å². The number of carbonyl (C=O) groups is 4. The highest BCUT2D eigenvalue weighted by atomic mass is 32.1. The summed E-state index contributed by atoms with van der Waals surface area (Å²) in [6.45, 7) is 0.428. The number of rotatable bonds is 12. The summed E-state index contributed by atoms with van der Waals surface area (Å²) in [5.74, 6) is -3.94. The van der Waals surface area contributed by atoms with Crippen molar-refractivity contribution in [2.45, 2.75) is 43.6 Å². The number of carbonyl (C=O) groups excluding carboxylic acids is 3. The molecule has 3 amide bonds. The molecule has 11 nitrogen and oxygen atoms in total. The Hall–Kier alpha value is -2.67. The SMILES string of the molecule is CC(O)C(NC(=O)C(CO)NC(=O)C(N)CS)C(=O)NC(Cc1ccccc1)C(=O)O. The van der Waals surface area contributed by atoms with Gasteiger partial charge in [0.15, 0.2) is 0 Å². The second kappa shape index (κ2) is 12.9. The van der Waals surface area contributed by atoms with Gasteiger partial charge in [0.25, 0.3) is 0 Å². The van der Waals surface area contributed by atoms with Crippen LogP contribution in [0.3, 0.4) is 0 Å². The van der Waals surface area contributed by atoms with E-state index in [0.29, 0.717) is 5.56 Å². The van der Waals surface area contributed by atoms with Crippen LogP contribution in [0.4, 0.5) is 0 Å². The number of carboxylic acid groups (broad SMARTS) is 1. The minimum absolute atomic E-state index is 0.00228. The minimum atomic E-state index is -1.53. The molecular formula is C19H28N4O7S. The molecule has 1 aromatic carbocycles. The Bertz CT molecular complexity index is 763. The summed E-state index contributed by atoms with van der Waals surface area (Å²) in [6, 6.07) is 3.29. The number of carboxylic acids is 1. The monoisotopic (exact) mass is 456 g/mol. The van der Waals surface area contributed by atoms with E-state index in [4.69, 9.17) is 5.73 Å². The molecule has 12 heteroatoms. The van der Waals surface area contributed by atoms with Crippen LogP contribution < -0.4 is 21.7 Å². The molecular weight excluding hydrogens is 428 g/mol. The van der Waals surface area contributed by atoms with Crippen molar-refractivity contribution in [2.24, 2.45) is 5.73 Å². The number of aliphatic hydroxyl groups excluding tert-OH is 2. The van der Waals surface area contributed by atoms with Crippen LogP contribution in [0.2, 0.25) is 0 Å². The van der Waals surface area contributed by atoms with E-state index < -0.39 is 60.6 Å². The topological polar surface area (TPSA) is 191 Å². The molecule has 0 radical (unpaired) electrons. The van der Waals surface area contributed by atoms with Gasteiger partial charge in [-0.15, -0.1) is 0 Å². The summed E-state index contributed by atoms with van der Waals surface area (Å²) >= 11 is 3.87. The maximum Gasteiger partial charge on any atom is 0.326 e. The largest absolute Gasteiger partial charge is 0.480 e. The van der Waals surface area contributed by atoms with E-state index in [0.717, 1.165) is 0 Å². The highest BCUT2D eigenvalue weighted by Crippen LogP contribution is 2.05. The lowest BCUT2D eigenvalue weighted by Crippen LogP contribution is -2.60. The third-order valence-electron chi connectivity index (χ3n) is 4.31. The maximum absolute atomic E-state index is 12.6. The highest BCUT2D eigenvalue weighted by molar-refractivity contribution is 7.80. The molecule has 1 aromatic rings. The number of benzene rings is 1. The fraction of sp³-hybridized carbons (Fsp3) is 0.474. The average Bonchev–Trinajstić information content (AvgIpc) is 2.74. The summed E-state index contributed by atoms with van der Waals surface area (Å²) in [4.78, 5) is 48.4. The van der Waals surface area contributed by atoms with Crippen molar-refractivity contribution >= 4 is 36.3 Å². The number of nitrogens with one attached hydrogen (secondary N) is 3. The number of thiol groups is 1. The lowest BCUT2D eigenvalue weighted by molar-refractivity contribution is -0.143. The van der Waals surface area contributed by atoms with E-state index in [2.05, 4.69) is 28.6 Å². The van der Waals surface area contributed by atoms with Gasteiger partial charge in [0.05, 0.1) is 18.8 Å². The van der Waals surface area contributed by atoms with Crippen molar-refractivity contribution in [3.05, 3.63) is 35.9 Å². The van der Waals surface area contributed by atoms with Crippen LogP contribution in [0.5, 0.6) is 0 Å².